The number of benzene rings is 1. The molecule has 1 aromatic heterocycles. The van der Waals surface area contributed by atoms with Crippen LogP contribution in [0.4, 0.5) is 10.8 Å². The van der Waals surface area contributed by atoms with Crippen LogP contribution in [0, 0.1) is 0 Å². The molecule has 5 heteroatoms. The van der Waals surface area contributed by atoms with Gasteiger partial charge in [0.05, 0.1) is 18.5 Å². The standard InChI is InChI=1S/C14H19N3OS/c1-4-10-13(9-15)19-14(16-10)17(2)11-7-5-6-8-12(11)18-3/h5-8H,4,9,15H2,1-3H3. The number of hydrogen-bond donors (Lipinski definition) is 1. The number of rotatable bonds is 5. The maximum atomic E-state index is 5.76. The number of hydrogen-bond acceptors (Lipinski definition) is 5. The molecule has 0 bridgehead atoms. The van der Waals surface area contributed by atoms with Crippen LogP contribution in [0.5, 0.6) is 5.75 Å². The number of aryl methyl sites for hydroxylation is 1. The molecule has 0 amide bonds. The number of methoxy groups -OCH3 is 1. The molecular formula is C14H19N3OS. The molecule has 0 fully saturated rings. The quantitative estimate of drug-likeness (QED) is 0.913. The molecule has 0 radical (unpaired) electrons. The van der Waals surface area contributed by atoms with Gasteiger partial charge >= 0.3 is 0 Å². The molecule has 0 unspecified atom stereocenters. The highest BCUT2D eigenvalue weighted by atomic mass is 32.1. The first-order chi connectivity index (χ1) is 9.21. The second-order valence-electron chi connectivity index (χ2n) is 4.15. The fourth-order valence-corrected chi connectivity index (χ4v) is 2.96. The minimum absolute atomic E-state index is 0.542. The minimum atomic E-state index is 0.542. The van der Waals surface area contributed by atoms with E-state index in [0.717, 1.165) is 33.6 Å². The summed E-state index contributed by atoms with van der Waals surface area (Å²) in [4.78, 5) is 7.86. The molecule has 2 N–H and O–H groups in total. The molecule has 0 saturated carbocycles. The van der Waals surface area contributed by atoms with Gasteiger partial charge in [0.15, 0.2) is 5.13 Å². The van der Waals surface area contributed by atoms with Gasteiger partial charge < -0.3 is 15.4 Å². The van der Waals surface area contributed by atoms with Gasteiger partial charge in [-0.25, -0.2) is 4.98 Å². The lowest BCUT2D eigenvalue weighted by Crippen LogP contribution is -2.10. The zero-order valence-electron chi connectivity index (χ0n) is 11.5. The van der Waals surface area contributed by atoms with Crippen LogP contribution in [0.3, 0.4) is 0 Å². The number of anilines is 2. The number of nitrogens with zero attached hydrogens (tertiary/aromatic N) is 2. The van der Waals surface area contributed by atoms with Gasteiger partial charge in [-0.15, -0.1) is 0 Å². The van der Waals surface area contributed by atoms with E-state index in [2.05, 4.69) is 11.9 Å². The molecule has 4 nitrogen and oxygen atoms in total. The zero-order valence-corrected chi connectivity index (χ0v) is 12.3. The summed E-state index contributed by atoms with van der Waals surface area (Å²) in [5.74, 6) is 0.840. The molecule has 2 rings (SSSR count). The van der Waals surface area contributed by atoms with Crippen molar-refractivity contribution in [3.63, 3.8) is 0 Å². The maximum absolute atomic E-state index is 5.76. The third kappa shape index (κ3) is 2.72. The van der Waals surface area contributed by atoms with E-state index in [1.807, 2.05) is 36.2 Å². The Hall–Kier alpha value is -1.59. The van der Waals surface area contributed by atoms with Crippen molar-refractivity contribution >= 4 is 22.2 Å². The zero-order chi connectivity index (χ0) is 13.8. The molecule has 19 heavy (non-hydrogen) atoms. The Labute approximate surface area is 117 Å². The van der Waals surface area contributed by atoms with Crippen LogP contribution >= 0.6 is 11.3 Å². The van der Waals surface area contributed by atoms with E-state index in [4.69, 9.17) is 10.5 Å². The number of ether oxygens (including phenoxy) is 1. The summed E-state index contributed by atoms with van der Waals surface area (Å²) in [6, 6.07) is 7.92. The molecule has 0 aliphatic heterocycles. The van der Waals surface area contributed by atoms with Crippen LogP contribution in [0.2, 0.25) is 0 Å². The number of aromatic nitrogens is 1. The van der Waals surface area contributed by atoms with E-state index in [1.54, 1.807) is 18.4 Å². The largest absolute Gasteiger partial charge is 0.495 e. The van der Waals surface area contributed by atoms with Crippen molar-refractivity contribution in [2.45, 2.75) is 19.9 Å². The number of thiazole rings is 1. The van der Waals surface area contributed by atoms with Gasteiger partial charge in [0.1, 0.15) is 5.75 Å². The second-order valence-corrected chi connectivity index (χ2v) is 5.22. The van der Waals surface area contributed by atoms with Crippen molar-refractivity contribution in [1.82, 2.24) is 4.98 Å². The summed E-state index contributed by atoms with van der Waals surface area (Å²) < 4.78 is 5.39. The van der Waals surface area contributed by atoms with Gasteiger partial charge in [0.25, 0.3) is 0 Å². The van der Waals surface area contributed by atoms with Crippen molar-refractivity contribution in [3.05, 3.63) is 34.8 Å². The fraction of sp³-hybridized carbons (Fsp3) is 0.357. The molecule has 0 spiro atoms. The Balaban J connectivity index is 2.38. The van der Waals surface area contributed by atoms with Crippen LogP contribution in [0.15, 0.2) is 24.3 Å². The average molecular weight is 277 g/mol. The summed E-state index contributed by atoms with van der Waals surface area (Å²) >= 11 is 1.64. The minimum Gasteiger partial charge on any atom is -0.495 e. The van der Waals surface area contributed by atoms with Gasteiger partial charge in [-0.1, -0.05) is 30.4 Å². The molecule has 102 valence electrons. The van der Waals surface area contributed by atoms with Gasteiger partial charge in [-0.05, 0) is 18.6 Å². The number of para-hydroxylation sites is 2. The van der Waals surface area contributed by atoms with E-state index in [1.165, 1.54) is 0 Å². The predicted octanol–water partition coefficient (Wildman–Crippen LogP) is 2.94. The second kappa shape index (κ2) is 6.04. The van der Waals surface area contributed by atoms with Crippen LogP contribution in [0.25, 0.3) is 0 Å². The van der Waals surface area contributed by atoms with Crippen LogP contribution in [-0.4, -0.2) is 19.1 Å². The monoisotopic (exact) mass is 277 g/mol. The van der Waals surface area contributed by atoms with Crippen molar-refractivity contribution in [3.8, 4) is 5.75 Å². The Morgan fingerprint density at radius 1 is 1.37 bits per heavy atom. The summed E-state index contributed by atoms with van der Waals surface area (Å²) in [7, 11) is 3.67. The summed E-state index contributed by atoms with van der Waals surface area (Å²) in [5.41, 5.74) is 7.85. The fourth-order valence-electron chi connectivity index (χ4n) is 1.96. The molecular weight excluding hydrogens is 258 g/mol. The first kappa shape index (κ1) is 13.8. The van der Waals surface area contributed by atoms with Crippen molar-refractivity contribution in [2.75, 3.05) is 19.1 Å². The van der Waals surface area contributed by atoms with Gasteiger partial charge in [-0.2, -0.15) is 0 Å². The Bertz CT molecular complexity index is 532. The molecule has 1 aromatic carbocycles. The summed E-state index contributed by atoms with van der Waals surface area (Å²) in [5, 5.41) is 0.946. The van der Waals surface area contributed by atoms with Crippen LogP contribution in [0.1, 0.15) is 17.5 Å². The highest BCUT2D eigenvalue weighted by Crippen LogP contribution is 2.35. The van der Waals surface area contributed by atoms with Crippen LogP contribution < -0.4 is 15.4 Å². The Morgan fingerprint density at radius 2 is 2.11 bits per heavy atom. The lowest BCUT2D eigenvalue weighted by Gasteiger charge is -2.18. The highest BCUT2D eigenvalue weighted by Gasteiger charge is 2.15. The third-order valence-corrected chi connectivity index (χ3v) is 4.22. The van der Waals surface area contributed by atoms with E-state index in [-0.39, 0.29) is 0 Å². The van der Waals surface area contributed by atoms with Crippen LogP contribution in [-0.2, 0) is 13.0 Å². The maximum Gasteiger partial charge on any atom is 0.190 e. The Kier molecular flexibility index (Phi) is 4.39. The van der Waals surface area contributed by atoms with Gasteiger partial charge in [-0.3, -0.25) is 0 Å². The lowest BCUT2D eigenvalue weighted by molar-refractivity contribution is 0.415. The molecule has 2 aromatic rings. The highest BCUT2D eigenvalue weighted by molar-refractivity contribution is 7.15. The number of nitrogens with two attached hydrogens (primary N) is 1. The van der Waals surface area contributed by atoms with E-state index >= 15 is 0 Å². The van der Waals surface area contributed by atoms with E-state index < -0.39 is 0 Å². The third-order valence-electron chi connectivity index (χ3n) is 3.02. The van der Waals surface area contributed by atoms with Crippen molar-refractivity contribution < 1.29 is 4.74 Å². The Morgan fingerprint density at radius 3 is 2.68 bits per heavy atom. The molecule has 0 atom stereocenters. The van der Waals surface area contributed by atoms with E-state index in [9.17, 15) is 0 Å². The smallest absolute Gasteiger partial charge is 0.190 e. The summed E-state index contributed by atoms with van der Waals surface area (Å²) in [6.45, 7) is 2.64. The normalized spacial score (nSPS) is 10.5. The first-order valence-corrected chi connectivity index (χ1v) is 7.08. The van der Waals surface area contributed by atoms with Gasteiger partial charge in [0, 0.05) is 18.5 Å². The predicted molar refractivity (Wildman–Crippen MR) is 80.4 cm³/mol. The topological polar surface area (TPSA) is 51.4 Å². The lowest BCUT2D eigenvalue weighted by atomic mass is 10.3. The average Bonchev–Trinajstić information content (AvgIpc) is 2.89. The van der Waals surface area contributed by atoms with E-state index in [0.29, 0.717) is 6.54 Å². The first-order valence-electron chi connectivity index (χ1n) is 6.26. The summed E-state index contributed by atoms with van der Waals surface area (Å²) in [6.07, 6.45) is 0.906. The molecule has 1 heterocycles. The van der Waals surface area contributed by atoms with Gasteiger partial charge in [0.2, 0.25) is 0 Å². The SMILES string of the molecule is CCc1nc(N(C)c2ccccc2OC)sc1CN. The molecule has 0 saturated heterocycles. The van der Waals surface area contributed by atoms with Crippen molar-refractivity contribution in [2.24, 2.45) is 5.73 Å². The molecule has 0 aliphatic carbocycles. The van der Waals surface area contributed by atoms with Crippen molar-refractivity contribution in [1.29, 1.82) is 0 Å². The molecule has 0 aliphatic rings.